The molecule has 0 amide bonds. The summed E-state index contributed by atoms with van der Waals surface area (Å²) in [5.41, 5.74) is 2.45. The summed E-state index contributed by atoms with van der Waals surface area (Å²) in [6.45, 7) is -0.0754. The number of aromatic nitrogens is 2. The molecule has 0 saturated heterocycles. The number of hydrogen-bond donors (Lipinski definition) is 3. The molecular formula is C16H16N2O3. The SMILES string of the molecule is OCC(O)Cn1c(-c2cccc(O)c2)nc2ccccc21. The van der Waals surface area contributed by atoms with Crippen LogP contribution in [0, 0.1) is 0 Å². The summed E-state index contributed by atoms with van der Waals surface area (Å²) in [5.74, 6) is 0.813. The number of aliphatic hydroxyl groups is 2. The van der Waals surface area contributed by atoms with Gasteiger partial charge in [0.15, 0.2) is 0 Å². The lowest BCUT2D eigenvalue weighted by atomic mass is 10.2. The molecule has 5 heteroatoms. The molecule has 0 aliphatic heterocycles. The van der Waals surface area contributed by atoms with Gasteiger partial charge in [0.2, 0.25) is 0 Å². The molecule has 0 bridgehead atoms. The first-order valence-corrected chi connectivity index (χ1v) is 6.72. The number of phenolic OH excluding ortho intramolecular Hbond substituents is 1. The second-order valence-electron chi connectivity index (χ2n) is 4.92. The number of benzene rings is 2. The van der Waals surface area contributed by atoms with Crippen molar-refractivity contribution in [2.75, 3.05) is 6.61 Å². The van der Waals surface area contributed by atoms with E-state index in [4.69, 9.17) is 5.11 Å². The lowest BCUT2D eigenvalue weighted by molar-refractivity contribution is 0.0824. The Morgan fingerprint density at radius 1 is 1.10 bits per heavy atom. The summed E-state index contributed by atoms with van der Waals surface area (Å²) < 4.78 is 1.85. The minimum absolute atomic E-state index is 0.161. The van der Waals surface area contributed by atoms with Gasteiger partial charge in [0, 0.05) is 5.56 Å². The van der Waals surface area contributed by atoms with Crippen molar-refractivity contribution in [3.8, 4) is 17.1 Å². The predicted molar refractivity (Wildman–Crippen MR) is 79.9 cm³/mol. The highest BCUT2D eigenvalue weighted by atomic mass is 16.3. The van der Waals surface area contributed by atoms with Gasteiger partial charge in [0.1, 0.15) is 11.6 Å². The molecule has 1 heterocycles. The summed E-state index contributed by atoms with van der Waals surface area (Å²) >= 11 is 0. The first-order chi connectivity index (χ1) is 10.2. The van der Waals surface area contributed by atoms with Crippen LogP contribution in [0.2, 0.25) is 0 Å². The van der Waals surface area contributed by atoms with Gasteiger partial charge in [-0.3, -0.25) is 0 Å². The average Bonchev–Trinajstić information content (AvgIpc) is 2.86. The molecule has 3 N–H and O–H groups in total. The largest absolute Gasteiger partial charge is 0.508 e. The van der Waals surface area contributed by atoms with E-state index in [0.717, 1.165) is 16.6 Å². The van der Waals surface area contributed by atoms with Gasteiger partial charge >= 0.3 is 0 Å². The highest BCUT2D eigenvalue weighted by Crippen LogP contribution is 2.27. The van der Waals surface area contributed by atoms with Crippen LogP contribution in [0.25, 0.3) is 22.4 Å². The average molecular weight is 284 g/mol. The first-order valence-electron chi connectivity index (χ1n) is 6.72. The maximum Gasteiger partial charge on any atom is 0.141 e. The Labute approximate surface area is 121 Å². The third-order valence-corrected chi connectivity index (χ3v) is 3.36. The zero-order chi connectivity index (χ0) is 14.8. The van der Waals surface area contributed by atoms with Crippen molar-refractivity contribution in [1.29, 1.82) is 0 Å². The monoisotopic (exact) mass is 284 g/mol. The summed E-state index contributed by atoms with van der Waals surface area (Å²) in [6.07, 6.45) is -0.862. The number of para-hydroxylation sites is 2. The van der Waals surface area contributed by atoms with Crippen LogP contribution < -0.4 is 0 Å². The Balaban J connectivity index is 2.18. The number of nitrogens with zero attached hydrogens (tertiary/aromatic N) is 2. The quantitative estimate of drug-likeness (QED) is 0.682. The number of aromatic hydroxyl groups is 1. The van der Waals surface area contributed by atoms with Crippen LogP contribution in [0.5, 0.6) is 5.75 Å². The second-order valence-corrected chi connectivity index (χ2v) is 4.92. The number of rotatable bonds is 4. The van der Waals surface area contributed by atoms with Crippen LogP contribution in [-0.4, -0.2) is 37.6 Å². The number of aliphatic hydroxyl groups excluding tert-OH is 2. The molecule has 1 unspecified atom stereocenters. The molecule has 3 aromatic rings. The van der Waals surface area contributed by atoms with Crippen LogP contribution in [0.1, 0.15) is 0 Å². The third-order valence-electron chi connectivity index (χ3n) is 3.36. The minimum atomic E-state index is -0.862. The van der Waals surface area contributed by atoms with Gasteiger partial charge in [0.05, 0.1) is 30.3 Å². The molecule has 2 aromatic carbocycles. The lowest BCUT2D eigenvalue weighted by Gasteiger charge is -2.13. The standard InChI is InChI=1S/C16H16N2O3/c19-10-13(21)9-18-15-7-2-1-6-14(15)17-16(18)11-4-3-5-12(20)8-11/h1-8,13,19-21H,9-10H2. The molecule has 0 radical (unpaired) electrons. The lowest BCUT2D eigenvalue weighted by Crippen LogP contribution is -2.20. The van der Waals surface area contributed by atoms with Crippen LogP contribution in [0.4, 0.5) is 0 Å². The molecular weight excluding hydrogens is 268 g/mol. The minimum Gasteiger partial charge on any atom is -0.508 e. The van der Waals surface area contributed by atoms with Gasteiger partial charge in [-0.05, 0) is 24.3 Å². The topological polar surface area (TPSA) is 78.5 Å². The van der Waals surface area contributed by atoms with Gasteiger partial charge in [-0.1, -0.05) is 24.3 Å². The molecule has 0 fully saturated rings. The van der Waals surface area contributed by atoms with Gasteiger partial charge in [-0.25, -0.2) is 4.98 Å². The van der Waals surface area contributed by atoms with Crippen molar-refractivity contribution < 1.29 is 15.3 Å². The van der Waals surface area contributed by atoms with E-state index >= 15 is 0 Å². The molecule has 1 atom stereocenters. The third kappa shape index (κ3) is 2.61. The normalized spacial score (nSPS) is 12.7. The Morgan fingerprint density at radius 3 is 2.67 bits per heavy atom. The van der Waals surface area contributed by atoms with Gasteiger partial charge in [0.25, 0.3) is 0 Å². The zero-order valence-corrected chi connectivity index (χ0v) is 11.3. The molecule has 3 rings (SSSR count). The molecule has 0 spiro atoms. The molecule has 5 nitrogen and oxygen atoms in total. The fourth-order valence-electron chi connectivity index (χ4n) is 2.39. The van der Waals surface area contributed by atoms with Gasteiger partial charge < -0.3 is 19.9 Å². The van der Waals surface area contributed by atoms with Gasteiger partial charge in [-0.15, -0.1) is 0 Å². The Hall–Kier alpha value is -2.37. The zero-order valence-electron chi connectivity index (χ0n) is 11.3. The van der Waals surface area contributed by atoms with Gasteiger partial charge in [-0.2, -0.15) is 0 Å². The summed E-state index contributed by atoms with van der Waals surface area (Å²) in [6, 6.07) is 14.4. The van der Waals surface area contributed by atoms with Crippen molar-refractivity contribution in [3.63, 3.8) is 0 Å². The van der Waals surface area contributed by atoms with E-state index in [1.54, 1.807) is 18.2 Å². The van der Waals surface area contributed by atoms with Crippen LogP contribution in [0.15, 0.2) is 48.5 Å². The fraction of sp³-hybridized carbons (Fsp3) is 0.188. The molecule has 108 valence electrons. The van der Waals surface area contributed by atoms with E-state index in [9.17, 15) is 10.2 Å². The fourth-order valence-corrected chi connectivity index (χ4v) is 2.39. The van der Waals surface area contributed by atoms with Crippen LogP contribution >= 0.6 is 0 Å². The Bertz CT molecular complexity index is 767. The van der Waals surface area contributed by atoms with E-state index in [1.807, 2.05) is 34.9 Å². The van der Waals surface area contributed by atoms with E-state index in [2.05, 4.69) is 4.98 Å². The highest BCUT2D eigenvalue weighted by Gasteiger charge is 2.15. The molecule has 0 aliphatic rings. The summed E-state index contributed by atoms with van der Waals surface area (Å²) in [7, 11) is 0. The van der Waals surface area contributed by atoms with Crippen molar-refractivity contribution in [2.45, 2.75) is 12.6 Å². The van der Waals surface area contributed by atoms with Crippen molar-refractivity contribution in [3.05, 3.63) is 48.5 Å². The van der Waals surface area contributed by atoms with Crippen molar-refractivity contribution in [2.24, 2.45) is 0 Å². The van der Waals surface area contributed by atoms with Crippen molar-refractivity contribution >= 4 is 11.0 Å². The number of phenols is 1. The number of hydrogen-bond acceptors (Lipinski definition) is 4. The van der Waals surface area contributed by atoms with E-state index in [1.165, 1.54) is 0 Å². The van der Waals surface area contributed by atoms with E-state index in [-0.39, 0.29) is 18.9 Å². The van der Waals surface area contributed by atoms with Crippen LogP contribution in [0.3, 0.4) is 0 Å². The highest BCUT2D eigenvalue weighted by molar-refractivity contribution is 5.80. The molecule has 0 saturated carbocycles. The summed E-state index contributed by atoms with van der Waals surface area (Å²) in [5, 5.41) is 28.5. The first kappa shape index (κ1) is 13.6. The predicted octanol–water partition coefficient (Wildman–Crippen LogP) is 1.76. The molecule has 21 heavy (non-hydrogen) atoms. The Kier molecular flexibility index (Phi) is 3.60. The Morgan fingerprint density at radius 2 is 1.90 bits per heavy atom. The molecule has 1 aromatic heterocycles. The van der Waals surface area contributed by atoms with E-state index in [0.29, 0.717) is 5.82 Å². The van der Waals surface area contributed by atoms with Crippen molar-refractivity contribution in [1.82, 2.24) is 9.55 Å². The maximum atomic E-state index is 9.77. The smallest absolute Gasteiger partial charge is 0.141 e. The van der Waals surface area contributed by atoms with E-state index < -0.39 is 6.10 Å². The molecule has 0 aliphatic carbocycles. The maximum absolute atomic E-state index is 9.77. The van der Waals surface area contributed by atoms with Crippen LogP contribution in [-0.2, 0) is 6.54 Å². The second kappa shape index (κ2) is 5.55. The number of fused-ring (bicyclic) bond motifs is 1. The summed E-state index contributed by atoms with van der Waals surface area (Å²) in [4.78, 5) is 4.57. The number of imidazole rings is 1.